The SMILES string of the molecule is CCOc1cc(C=NNC(=O)CCCNC(=O)c2ccc(OC)c(OC)c2)ccc1OC(=O)c1ccc(OC)c(OC)c1. The van der Waals surface area contributed by atoms with E-state index in [4.69, 9.17) is 28.4 Å². The van der Waals surface area contributed by atoms with Gasteiger partial charge in [-0.05, 0) is 73.5 Å². The molecule has 12 heteroatoms. The Kier molecular flexibility index (Phi) is 12.2. The highest BCUT2D eigenvalue weighted by Crippen LogP contribution is 2.31. The molecule has 2 N–H and O–H groups in total. The maximum Gasteiger partial charge on any atom is 0.343 e. The maximum atomic E-state index is 12.8. The van der Waals surface area contributed by atoms with Crippen molar-refractivity contribution in [3.05, 3.63) is 71.3 Å². The van der Waals surface area contributed by atoms with E-state index >= 15 is 0 Å². The fourth-order valence-electron chi connectivity index (χ4n) is 3.84. The Labute approximate surface area is 249 Å². The van der Waals surface area contributed by atoms with Crippen molar-refractivity contribution in [3.8, 4) is 34.5 Å². The first-order valence-corrected chi connectivity index (χ1v) is 13.4. The van der Waals surface area contributed by atoms with Crippen LogP contribution in [0, 0.1) is 0 Å². The number of methoxy groups -OCH3 is 4. The molecule has 0 aliphatic carbocycles. The molecule has 228 valence electrons. The number of hydrogen-bond donors (Lipinski definition) is 2. The summed E-state index contributed by atoms with van der Waals surface area (Å²) in [4.78, 5) is 37.3. The molecule has 0 spiro atoms. The number of nitrogens with one attached hydrogen (secondary N) is 2. The summed E-state index contributed by atoms with van der Waals surface area (Å²) in [6.45, 7) is 2.43. The van der Waals surface area contributed by atoms with Crippen molar-refractivity contribution in [2.45, 2.75) is 19.8 Å². The van der Waals surface area contributed by atoms with Gasteiger partial charge >= 0.3 is 5.97 Å². The zero-order valence-corrected chi connectivity index (χ0v) is 24.7. The Morgan fingerprint density at radius 3 is 1.98 bits per heavy atom. The number of benzene rings is 3. The lowest BCUT2D eigenvalue weighted by Gasteiger charge is -2.12. The Morgan fingerprint density at radius 1 is 0.744 bits per heavy atom. The second kappa shape index (κ2) is 16.2. The molecule has 43 heavy (non-hydrogen) atoms. The van der Waals surface area contributed by atoms with Gasteiger partial charge in [0.1, 0.15) is 0 Å². The Morgan fingerprint density at radius 2 is 1.35 bits per heavy atom. The lowest BCUT2D eigenvalue weighted by Crippen LogP contribution is -2.26. The van der Waals surface area contributed by atoms with Gasteiger partial charge in [-0.25, -0.2) is 10.2 Å². The Hall–Kier alpha value is -5.26. The molecule has 0 aliphatic rings. The molecule has 2 amide bonds. The van der Waals surface area contributed by atoms with Crippen molar-refractivity contribution in [2.75, 3.05) is 41.6 Å². The highest BCUT2D eigenvalue weighted by atomic mass is 16.6. The molecule has 0 atom stereocenters. The van der Waals surface area contributed by atoms with Crippen molar-refractivity contribution >= 4 is 24.0 Å². The minimum atomic E-state index is -0.601. The number of rotatable bonds is 15. The minimum absolute atomic E-state index is 0.152. The summed E-state index contributed by atoms with van der Waals surface area (Å²) in [5.41, 5.74) is 3.75. The van der Waals surface area contributed by atoms with E-state index < -0.39 is 5.97 Å². The molecule has 0 aromatic heterocycles. The molecular weight excluding hydrogens is 558 g/mol. The fraction of sp³-hybridized carbons (Fsp3) is 0.290. The van der Waals surface area contributed by atoms with Crippen molar-refractivity contribution in [1.82, 2.24) is 10.7 Å². The summed E-state index contributed by atoms with van der Waals surface area (Å²) >= 11 is 0. The number of hydrazone groups is 1. The first-order chi connectivity index (χ1) is 20.8. The van der Waals surface area contributed by atoms with Crippen LogP contribution in [0.15, 0.2) is 59.7 Å². The maximum absolute atomic E-state index is 12.8. The number of esters is 1. The van der Waals surface area contributed by atoms with Crippen LogP contribution in [0.2, 0.25) is 0 Å². The van der Waals surface area contributed by atoms with Gasteiger partial charge in [-0.3, -0.25) is 9.59 Å². The van der Waals surface area contributed by atoms with Crippen LogP contribution in [0.1, 0.15) is 46.0 Å². The van der Waals surface area contributed by atoms with Gasteiger partial charge < -0.3 is 33.7 Å². The first kappa shape index (κ1) is 32.3. The van der Waals surface area contributed by atoms with Crippen LogP contribution in [-0.2, 0) is 4.79 Å². The molecule has 0 fully saturated rings. The van der Waals surface area contributed by atoms with Crippen LogP contribution >= 0.6 is 0 Å². The van der Waals surface area contributed by atoms with Crippen LogP contribution in [0.4, 0.5) is 0 Å². The molecule has 3 aromatic rings. The molecule has 0 saturated heterocycles. The van der Waals surface area contributed by atoms with Gasteiger partial charge in [0, 0.05) is 18.5 Å². The monoisotopic (exact) mass is 593 g/mol. The van der Waals surface area contributed by atoms with Crippen molar-refractivity contribution < 1.29 is 42.8 Å². The van der Waals surface area contributed by atoms with Crippen LogP contribution in [0.3, 0.4) is 0 Å². The van der Waals surface area contributed by atoms with Gasteiger partial charge in [0.15, 0.2) is 34.5 Å². The average molecular weight is 594 g/mol. The number of carbonyl (C=O) groups excluding carboxylic acids is 3. The normalized spacial score (nSPS) is 10.5. The molecule has 0 heterocycles. The second-order valence-corrected chi connectivity index (χ2v) is 8.82. The quantitative estimate of drug-likeness (QED) is 0.0879. The van der Waals surface area contributed by atoms with Crippen molar-refractivity contribution in [1.29, 1.82) is 0 Å². The van der Waals surface area contributed by atoms with E-state index in [-0.39, 0.29) is 29.5 Å². The van der Waals surface area contributed by atoms with E-state index in [2.05, 4.69) is 15.8 Å². The van der Waals surface area contributed by atoms with E-state index in [9.17, 15) is 14.4 Å². The van der Waals surface area contributed by atoms with Gasteiger partial charge in [0.25, 0.3) is 5.91 Å². The smallest absolute Gasteiger partial charge is 0.343 e. The van der Waals surface area contributed by atoms with Gasteiger partial charge in [0.05, 0.1) is 46.8 Å². The van der Waals surface area contributed by atoms with Crippen LogP contribution < -0.4 is 39.2 Å². The highest BCUT2D eigenvalue weighted by Gasteiger charge is 2.16. The first-order valence-electron chi connectivity index (χ1n) is 13.4. The summed E-state index contributed by atoms with van der Waals surface area (Å²) in [6.07, 6.45) is 2.01. The minimum Gasteiger partial charge on any atom is -0.493 e. The lowest BCUT2D eigenvalue weighted by atomic mass is 10.2. The molecule has 0 saturated carbocycles. The fourth-order valence-corrected chi connectivity index (χ4v) is 3.84. The number of nitrogens with zero attached hydrogens (tertiary/aromatic N) is 1. The van der Waals surface area contributed by atoms with Gasteiger partial charge in [-0.15, -0.1) is 0 Å². The molecule has 0 radical (unpaired) electrons. The zero-order valence-electron chi connectivity index (χ0n) is 24.7. The lowest BCUT2D eigenvalue weighted by molar-refractivity contribution is -0.121. The van der Waals surface area contributed by atoms with E-state index in [1.807, 2.05) is 0 Å². The second-order valence-electron chi connectivity index (χ2n) is 8.82. The summed E-state index contributed by atoms with van der Waals surface area (Å²) in [7, 11) is 5.99. The molecule has 3 rings (SSSR count). The van der Waals surface area contributed by atoms with Crippen LogP contribution in [-0.4, -0.2) is 65.6 Å². The number of amides is 2. The van der Waals surface area contributed by atoms with E-state index in [0.717, 1.165) is 0 Å². The molecule has 0 aliphatic heterocycles. The van der Waals surface area contributed by atoms with Crippen LogP contribution in [0.25, 0.3) is 0 Å². The highest BCUT2D eigenvalue weighted by molar-refractivity contribution is 5.95. The van der Waals surface area contributed by atoms with E-state index in [1.54, 1.807) is 55.5 Å². The van der Waals surface area contributed by atoms with Gasteiger partial charge in [-0.1, -0.05) is 0 Å². The molecule has 0 unspecified atom stereocenters. The van der Waals surface area contributed by atoms with E-state index in [0.29, 0.717) is 59.4 Å². The third-order valence-corrected chi connectivity index (χ3v) is 6.00. The summed E-state index contributed by atoms with van der Waals surface area (Å²) in [5.74, 6) is 1.20. The third-order valence-electron chi connectivity index (χ3n) is 6.00. The summed E-state index contributed by atoms with van der Waals surface area (Å²) < 4.78 is 32.1. The van der Waals surface area contributed by atoms with Gasteiger partial charge in [-0.2, -0.15) is 5.10 Å². The van der Waals surface area contributed by atoms with Gasteiger partial charge in [0.2, 0.25) is 5.91 Å². The summed E-state index contributed by atoms with van der Waals surface area (Å²) in [5, 5.41) is 6.75. The molecule has 0 bridgehead atoms. The standard InChI is InChI=1S/C31H35N3O9/c1-6-42-28-16-20(9-12-25(28)43-31(37)22-11-14-24(39-3)27(18-22)41-5)19-33-34-29(35)8-7-15-32-30(36)21-10-13-23(38-2)26(17-21)40-4/h9-14,16-19H,6-8,15H2,1-5H3,(H,32,36)(H,34,35). The van der Waals surface area contributed by atoms with Crippen molar-refractivity contribution in [3.63, 3.8) is 0 Å². The predicted molar refractivity (Wildman–Crippen MR) is 159 cm³/mol. The Bertz CT molecular complexity index is 1460. The zero-order chi connectivity index (χ0) is 31.2. The van der Waals surface area contributed by atoms with Crippen LogP contribution in [0.5, 0.6) is 34.5 Å². The largest absolute Gasteiger partial charge is 0.493 e. The van der Waals surface area contributed by atoms with Crippen molar-refractivity contribution in [2.24, 2.45) is 5.10 Å². The number of ether oxygens (including phenoxy) is 6. The number of hydrogen-bond acceptors (Lipinski definition) is 10. The number of carbonyl (C=O) groups is 3. The topological polar surface area (TPSA) is 143 Å². The average Bonchev–Trinajstić information content (AvgIpc) is 3.03. The third kappa shape index (κ3) is 9.12. The molecule has 12 nitrogen and oxygen atoms in total. The molecular formula is C31H35N3O9. The summed E-state index contributed by atoms with van der Waals surface area (Å²) in [6, 6.07) is 14.5. The molecule has 3 aromatic carbocycles. The Balaban J connectivity index is 1.50. The predicted octanol–water partition coefficient (Wildman–Crippen LogP) is 4.00. The van der Waals surface area contributed by atoms with E-state index in [1.165, 1.54) is 40.7 Å².